The Labute approximate surface area is 124 Å². The number of nitrogens with zero attached hydrogens (tertiary/aromatic N) is 1. The molecule has 0 aliphatic heterocycles. The molecule has 1 heterocycles. The molecular formula is C13H10Cl2N2OS. The lowest BCUT2D eigenvalue weighted by atomic mass is 10.1. The summed E-state index contributed by atoms with van der Waals surface area (Å²) < 4.78 is 0.378. The summed E-state index contributed by atoms with van der Waals surface area (Å²) in [5.41, 5.74) is 2.36. The fourth-order valence-electron chi connectivity index (χ4n) is 2.32. The van der Waals surface area contributed by atoms with Gasteiger partial charge in [0.15, 0.2) is 4.47 Å². The minimum absolute atomic E-state index is 0.0423. The van der Waals surface area contributed by atoms with Crippen LogP contribution in [-0.4, -0.2) is 10.9 Å². The molecule has 1 amide bonds. The summed E-state index contributed by atoms with van der Waals surface area (Å²) in [6.45, 7) is 0. The fourth-order valence-corrected chi connectivity index (χ4v) is 3.36. The van der Waals surface area contributed by atoms with E-state index in [2.05, 4.69) is 10.3 Å². The number of halogens is 2. The van der Waals surface area contributed by atoms with E-state index in [4.69, 9.17) is 23.2 Å². The number of hydrogen-bond donors (Lipinski definition) is 1. The lowest BCUT2D eigenvalue weighted by molar-refractivity contribution is 0.0940. The topological polar surface area (TPSA) is 42.0 Å². The molecule has 0 bridgehead atoms. The highest BCUT2D eigenvalue weighted by Gasteiger charge is 2.25. The summed E-state index contributed by atoms with van der Waals surface area (Å²) in [5.74, 6) is -0.128. The van der Waals surface area contributed by atoms with Gasteiger partial charge in [-0.1, -0.05) is 40.6 Å². The van der Waals surface area contributed by atoms with Gasteiger partial charge in [-0.2, -0.15) is 0 Å². The van der Waals surface area contributed by atoms with Gasteiger partial charge < -0.3 is 5.32 Å². The Bertz CT molecular complexity index is 641. The first-order chi connectivity index (χ1) is 9.13. The summed E-state index contributed by atoms with van der Waals surface area (Å²) in [6, 6.07) is 5.84. The summed E-state index contributed by atoms with van der Waals surface area (Å²) in [7, 11) is 0. The highest BCUT2D eigenvalue weighted by Crippen LogP contribution is 2.33. The molecule has 1 aromatic carbocycles. The lowest BCUT2D eigenvalue weighted by Gasteiger charge is -2.13. The van der Waals surface area contributed by atoms with E-state index in [1.54, 1.807) is 0 Å². The minimum Gasteiger partial charge on any atom is -0.344 e. The van der Waals surface area contributed by atoms with Crippen LogP contribution in [0, 0.1) is 0 Å². The van der Waals surface area contributed by atoms with Gasteiger partial charge >= 0.3 is 0 Å². The van der Waals surface area contributed by atoms with Crippen LogP contribution in [0.5, 0.6) is 0 Å². The maximum Gasteiger partial charge on any atom is 0.263 e. The van der Waals surface area contributed by atoms with Crippen LogP contribution in [0.15, 0.2) is 24.4 Å². The standard InChI is InChI=1S/C13H10Cl2N2OS/c14-8-2-3-9-7(5-8)1-4-10(9)17-12(18)11-6-16-13(15)19-11/h2-3,5-6,10H,1,4H2,(H,17,18)/t10-/m1/s1. The van der Waals surface area contributed by atoms with Crippen molar-refractivity contribution in [2.75, 3.05) is 0 Å². The first kappa shape index (κ1) is 12.9. The fraction of sp³-hybridized carbons (Fsp3) is 0.231. The van der Waals surface area contributed by atoms with Crippen molar-refractivity contribution < 1.29 is 4.79 Å². The molecule has 2 aromatic rings. The zero-order chi connectivity index (χ0) is 13.4. The highest BCUT2D eigenvalue weighted by molar-refractivity contribution is 7.17. The molecule has 0 radical (unpaired) electrons. The van der Waals surface area contributed by atoms with E-state index in [0.29, 0.717) is 9.34 Å². The van der Waals surface area contributed by atoms with Gasteiger partial charge in [0.2, 0.25) is 0 Å². The first-order valence-electron chi connectivity index (χ1n) is 5.84. The number of benzene rings is 1. The first-order valence-corrected chi connectivity index (χ1v) is 7.41. The van der Waals surface area contributed by atoms with Crippen molar-refractivity contribution in [1.82, 2.24) is 10.3 Å². The molecule has 6 heteroatoms. The molecule has 1 aliphatic carbocycles. The molecule has 0 spiro atoms. The summed E-state index contributed by atoms with van der Waals surface area (Å²) >= 11 is 12.9. The Morgan fingerprint density at radius 1 is 1.42 bits per heavy atom. The third-order valence-corrected chi connectivity index (χ3v) is 4.54. The van der Waals surface area contributed by atoms with Crippen LogP contribution in [0.4, 0.5) is 0 Å². The number of rotatable bonds is 2. The number of hydrogen-bond acceptors (Lipinski definition) is 3. The normalized spacial score (nSPS) is 17.3. The van der Waals surface area contributed by atoms with Gasteiger partial charge in [-0.15, -0.1) is 0 Å². The van der Waals surface area contributed by atoms with Crippen LogP contribution in [0.1, 0.15) is 33.3 Å². The van der Waals surface area contributed by atoms with E-state index in [1.165, 1.54) is 23.1 Å². The number of thiazole rings is 1. The largest absolute Gasteiger partial charge is 0.344 e. The number of nitrogens with one attached hydrogen (secondary N) is 1. The number of amides is 1. The zero-order valence-electron chi connectivity index (χ0n) is 9.82. The monoisotopic (exact) mass is 312 g/mol. The molecule has 1 aromatic heterocycles. The molecule has 98 valence electrons. The van der Waals surface area contributed by atoms with Crippen molar-refractivity contribution in [3.05, 3.63) is 49.9 Å². The van der Waals surface area contributed by atoms with Crippen LogP contribution in [-0.2, 0) is 6.42 Å². The number of aromatic nitrogens is 1. The number of aryl methyl sites for hydroxylation is 1. The van der Waals surface area contributed by atoms with Crippen molar-refractivity contribution in [2.24, 2.45) is 0 Å². The summed E-state index contributed by atoms with van der Waals surface area (Å²) in [4.78, 5) is 16.5. The van der Waals surface area contributed by atoms with Crippen molar-refractivity contribution in [3.8, 4) is 0 Å². The predicted octanol–water partition coefficient (Wildman–Crippen LogP) is 3.87. The van der Waals surface area contributed by atoms with E-state index in [1.807, 2.05) is 18.2 Å². The van der Waals surface area contributed by atoms with Crippen LogP contribution >= 0.6 is 34.5 Å². The third-order valence-electron chi connectivity index (χ3n) is 3.19. The second-order valence-corrected chi connectivity index (χ2v) is 6.43. The number of fused-ring (bicyclic) bond motifs is 1. The van der Waals surface area contributed by atoms with Gasteiger partial charge in [-0.25, -0.2) is 4.98 Å². The lowest BCUT2D eigenvalue weighted by Crippen LogP contribution is -2.26. The Morgan fingerprint density at radius 3 is 3.00 bits per heavy atom. The maximum atomic E-state index is 12.1. The molecule has 0 unspecified atom stereocenters. The quantitative estimate of drug-likeness (QED) is 0.914. The molecule has 19 heavy (non-hydrogen) atoms. The van der Waals surface area contributed by atoms with Crippen molar-refractivity contribution in [2.45, 2.75) is 18.9 Å². The van der Waals surface area contributed by atoms with Crippen LogP contribution in [0.3, 0.4) is 0 Å². The van der Waals surface area contributed by atoms with Crippen LogP contribution in [0.25, 0.3) is 0 Å². The minimum atomic E-state index is -0.128. The van der Waals surface area contributed by atoms with Crippen molar-refractivity contribution in [3.63, 3.8) is 0 Å². The average Bonchev–Trinajstić information content (AvgIpc) is 2.96. The Hall–Kier alpha value is -1.10. The molecule has 1 N–H and O–H groups in total. The molecule has 1 atom stereocenters. The van der Waals surface area contributed by atoms with Gasteiger partial charge in [0.05, 0.1) is 12.2 Å². The Balaban J connectivity index is 1.78. The van der Waals surface area contributed by atoms with E-state index in [9.17, 15) is 4.79 Å². The second-order valence-electron chi connectivity index (χ2n) is 4.39. The number of carbonyl (C=O) groups excluding carboxylic acids is 1. The van der Waals surface area contributed by atoms with Gasteiger partial charge in [-0.05, 0) is 36.1 Å². The SMILES string of the molecule is O=C(N[C@@H]1CCc2cc(Cl)ccc21)c1cnc(Cl)s1. The molecule has 1 aliphatic rings. The van der Waals surface area contributed by atoms with Crippen LogP contribution in [0.2, 0.25) is 9.49 Å². The highest BCUT2D eigenvalue weighted by atomic mass is 35.5. The van der Waals surface area contributed by atoms with E-state index in [0.717, 1.165) is 23.4 Å². The Kier molecular flexibility index (Phi) is 3.48. The summed E-state index contributed by atoms with van der Waals surface area (Å²) in [6.07, 6.45) is 3.33. The van der Waals surface area contributed by atoms with Gasteiger partial charge in [-0.3, -0.25) is 4.79 Å². The van der Waals surface area contributed by atoms with Gasteiger partial charge in [0, 0.05) is 5.02 Å². The molecule has 3 nitrogen and oxygen atoms in total. The average molecular weight is 313 g/mol. The van der Waals surface area contributed by atoms with Crippen molar-refractivity contribution >= 4 is 40.4 Å². The smallest absolute Gasteiger partial charge is 0.263 e. The molecule has 3 rings (SSSR count). The van der Waals surface area contributed by atoms with E-state index < -0.39 is 0 Å². The molecule has 0 saturated heterocycles. The summed E-state index contributed by atoms with van der Waals surface area (Å²) in [5, 5.41) is 3.75. The third kappa shape index (κ3) is 2.61. The molecule has 0 saturated carbocycles. The van der Waals surface area contributed by atoms with E-state index in [-0.39, 0.29) is 11.9 Å². The maximum absolute atomic E-state index is 12.1. The van der Waals surface area contributed by atoms with Crippen LogP contribution < -0.4 is 5.32 Å². The van der Waals surface area contributed by atoms with Gasteiger partial charge in [0.25, 0.3) is 5.91 Å². The molecular weight excluding hydrogens is 303 g/mol. The molecule has 0 fully saturated rings. The van der Waals surface area contributed by atoms with Crippen molar-refractivity contribution in [1.29, 1.82) is 0 Å². The van der Waals surface area contributed by atoms with Gasteiger partial charge in [0.1, 0.15) is 4.88 Å². The predicted molar refractivity (Wildman–Crippen MR) is 77.1 cm³/mol. The Morgan fingerprint density at radius 2 is 2.26 bits per heavy atom. The zero-order valence-corrected chi connectivity index (χ0v) is 12.1. The number of carbonyl (C=O) groups is 1. The second kappa shape index (κ2) is 5.12. The van der Waals surface area contributed by atoms with E-state index >= 15 is 0 Å².